The Labute approximate surface area is 106 Å². The van der Waals surface area contributed by atoms with Gasteiger partial charge in [-0.15, -0.1) is 5.10 Å². The number of hydrogen-bond acceptors (Lipinski definition) is 4. The number of hydrogen-bond donors (Lipinski definition) is 0. The Kier molecular flexibility index (Phi) is 3.16. The summed E-state index contributed by atoms with van der Waals surface area (Å²) in [6.45, 7) is 2.56. The van der Waals surface area contributed by atoms with Gasteiger partial charge >= 0.3 is 0 Å². The number of aromatic nitrogens is 2. The average Bonchev–Trinajstić information content (AvgIpc) is 2.71. The lowest BCUT2D eigenvalue weighted by molar-refractivity contribution is 0.172. The molecule has 3 rings (SSSR count). The zero-order valence-corrected chi connectivity index (χ0v) is 10.6. The van der Waals surface area contributed by atoms with Crippen molar-refractivity contribution < 1.29 is 9.13 Å². The maximum absolute atomic E-state index is 13.9. The van der Waals surface area contributed by atoms with Crippen LogP contribution in [0.2, 0.25) is 0 Å². The molecule has 0 unspecified atom stereocenters. The molecule has 5 heteroatoms. The van der Waals surface area contributed by atoms with E-state index in [2.05, 4.69) is 15.1 Å². The average molecular weight is 251 g/mol. The maximum Gasteiger partial charge on any atom is 0.151 e. The molecular formula is C13H18FN3O. The van der Waals surface area contributed by atoms with Crippen molar-refractivity contribution in [1.29, 1.82) is 0 Å². The first-order chi connectivity index (χ1) is 8.75. The number of ether oxygens (including phenoxy) is 1. The Morgan fingerprint density at radius 2 is 2.11 bits per heavy atom. The summed E-state index contributed by atoms with van der Waals surface area (Å²) in [4.78, 5) is 2.09. The molecule has 1 aromatic heterocycles. The minimum atomic E-state index is -0.922. The molecule has 0 spiro atoms. The van der Waals surface area contributed by atoms with Crippen LogP contribution in [0.3, 0.4) is 0 Å². The third-order valence-electron chi connectivity index (χ3n) is 3.86. The summed E-state index contributed by atoms with van der Waals surface area (Å²) in [6, 6.07) is 4.06. The van der Waals surface area contributed by atoms with Gasteiger partial charge in [0.05, 0.1) is 24.9 Å². The van der Waals surface area contributed by atoms with E-state index in [0.29, 0.717) is 12.6 Å². The standard InChI is InChI=1S/C13H18FN3O/c1-9-5-6-13(16-15-9)17(10-3-2-4-10)12-8-18-7-11(12)14/h5-6,10-12H,2-4,7-8H2,1H3/t11-,12-/m1/s1. The zero-order chi connectivity index (χ0) is 12.5. The molecule has 0 N–H and O–H groups in total. The lowest BCUT2D eigenvalue weighted by Crippen LogP contribution is -2.51. The molecule has 2 atom stereocenters. The van der Waals surface area contributed by atoms with Crippen LogP contribution in [0.15, 0.2) is 12.1 Å². The van der Waals surface area contributed by atoms with E-state index in [1.165, 1.54) is 6.42 Å². The van der Waals surface area contributed by atoms with Gasteiger partial charge in [0.1, 0.15) is 6.17 Å². The van der Waals surface area contributed by atoms with E-state index in [4.69, 9.17) is 4.74 Å². The highest BCUT2D eigenvalue weighted by Crippen LogP contribution is 2.33. The van der Waals surface area contributed by atoms with E-state index in [1.807, 2.05) is 19.1 Å². The second-order valence-electron chi connectivity index (χ2n) is 5.15. The summed E-state index contributed by atoms with van der Waals surface area (Å²) in [5.41, 5.74) is 0.881. The monoisotopic (exact) mass is 251 g/mol. The van der Waals surface area contributed by atoms with Crippen LogP contribution in [-0.2, 0) is 4.74 Å². The molecule has 1 aromatic rings. The van der Waals surface area contributed by atoms with E-state index in [9.17, 15) is 4.39 Å². The molecule has 0 aromatic carbocycles. The summed E-state index contributed by atoms with van der Waals surface area (Å²) in [5, 5.41) is 8.30. The van der Waals surface area contributed by atoms with Crippen molar-refractivity contribution in [1.82, 2.24) is 10.2 Å². The van der Waals surface area contributed by atoms with E-state index in [1.54, 1.807) is 0 Å². The molecule has 2 fully saturated rings. The normalized spacial score (nSPS) is 28.1. The van der Waals surface area contributed by atoms with Crippen molar-refractivity contribution in [3.8, 4) is 0 Å². The van der Waals surface area contributed by atoms with Gasteiger partial charge < -0.3 is 9.64 Å². The lowest BCUT2D eigenvalue weighted by Gasteiger charge is -2.42. The van der Waals surface area contributed by atoms with Crippen molar-refractivity contribution in [2.75, 3.05) is 18.1 Å². The second-order valence-corrected chi connectivity index (χ2v) is 5.15. The first-order valence-corrected chi connectivity index (χ1v) is 6.56. The third-order valence-corrected chi connectivity index (χ3v) is 3.86. The van der Waals surface area contributed by atoms with Gasteiger partial charge in [-0.1, -0.05) is 0 Å². The van der Waals surface area contributed by atoms with Crippen LogP contribution in [0.4, 0.5) is 10.2 Å². The predicted molar refractivity (Wildman–Crippen MR) is 66.4 cm³/mol. The fraction of sp³-hybridized carbons (Fsp3) is 0.692. The molecule has 4 nitrogen and oxygen atoms in total. The van der Waals surface area contributed by atoms with Crippen LogP contribution < -0.4 is 4.90 Å². The van der Waals surface area contributed by atoms with Crippen molar-refractivity contribution in [2.45, 2.75) is 44.4 Å². The Balaban J connectivity index is 1.87. The lowest BCUT2D eigenvalue weighted by atomic mass is 9.90. The Morgan fingerprint density at radius 1 is 1.28 bits per heavy atom. The van der Waals surface area contributed by atoms with Gasteiger partial charge in [-0.25, -0.2) is 4.39 Å². The fourth-order valence-electron chi connectivity index (χ4n) is 2.59. The van der Waals surface area contributed by atoms with Gasteiger partial charge in [0, 0.05) is 6.04 Å². The first-order valence-electron chi connectivity index (χ1n) is 6.56. The summed E-state index contributed by atoms with van der Waals surface area (Å²) in [6.07, 6.45) is 2.51. The van der Waals surface area contributed by atoms with Crippen molar-refractivity contribution in [2.24, 2.45) is 0 Å². The molecule has 2 heterocycles. The molecule has 1 saturated heterocycles. The van der Waals surface area contributed by atoms with Gasteiger partial charge in [-0.05, 0) is 38.3 Å². The van der Waals surface area contributed by atoms with Crippen molar-refractivity contribution in [3.05, 3.63) is 17.8 Å². The number of halogens is 1. The zero-order valence-electron chi connectivity index (χ0n) is 10.6. The molecule has 0 amide bonds. The van der Waals surface area contributed by atoms with Crippen LogP contribution in [0.1, 0.15) is 25.0 Å². The van der Waals surface area contributed by atoms with Gasteiger partial charge in [-0.2, -0.15) is 5.10 Å². The predicted octanol–water partition coefficient (Wildman–Crippen LogP) is 1.88. The summed E-state index contributed by atoms with van der Waals surface area (Å²) in [7, 11) is 0. The van der Waals surface area contributed by atoms with E-state index in [-0.39, 0.29) is 12.6 Å². The highest BCUT2D eigenvalue weighted by molar-refractivity contribution is 5.42. The van der Waals surface area contributed by atoms with Crippen LogP contribution in [0.25, 0.3) is 0 Å². The van der Waals surface area contributed by atoms with Crippen molar-refractivity contribution >= 4 is 5.82 Å². The molecule has 1 aliphatic carbocycles. The van der Waals surface area contributed by atoms with Gasteiger partial charge in [0.25, 0.3) is 0 Å². The second kappa shape index (κ2) is 4.80. The molecule has 2 aliphatic rings. The minimum absolute atomic E-state index is 0.202. The quantitative estimate of drug-likeness (QED) is 0.822. The topological polar surface area (TPSA) is 38.2 Å². The summed E-state index contributed by atoms with van der Waals surface area (Å²) in [5.74, 6) is 0.781. The summed E-state index contributed by atoms with van der Waals surface area (Å²) >= 11 is 0. The molecule has 1 aliphatic heterocycles. The minimum Gasteiger partial charge on any atom is -0.376 e. The molecule has 18 heavy (non-hydrogen) atoms. The highest BCUT2D eigenvalue weighted by Gasteiger charge is 2.39. The smallest absolute Gasteiger partial charge is 0.151 e. The van der Waals surface area contributed by atoms with E-state index in [0.717, 1.165) is 24.4 Å². The van der Waals surface area contributed by atoms with Crippen LogP contribution in [-0.4, -0.2) is 41.7 Å². The highest BCUT2D eigenvalue weighted by atomic mass is 19.1. The van der Waals surface area contributed by atoms with Gasteiger partial charge in [0.2, 0.25) is 0 Å². The van der Waals surface area contributed by atoms with Crippen LogP contribution in [0, 0.1) is 6.92 Å². The van der Waals surface area contributed by atoms with E-state index >= 15 is 0 Å². The molecule has 98 valence electrons. The SMILES string of the molecule is Cc1ccc(N(C2CCC2)[C@@H]2COC[C@H]2F)nn1. The number of rotatable bonds is 3. The van der Waals surface area contributed by atoms with Gasteiger partial charge in [0.15, 0.2) is 5.82 Å². The molecular weight excluding hydrogens is 233 g/mol. The fourth-order valence-corrected chi connectivity index (χ4v) is 2.59. The molecule has 0 bridgehead atoms. The molecule has 0 radical (unpaired) electrons. The maximum atomic E-state index is 13.9. The summed E-state index contributed by atoms with van der Waals surface area (Å²) < 4.78 is 19.2. The van der Waals surface area contributed by atoms with E-state index < -0.39 is 6.17 Å². The molecule has 1 saturated carbocycles. The van der Waals surface area contributed by atoms with Crippen molar-refractivity contribution in [3.63, 3.8) is 0 Å². The number of nitrogens with zero attached hydrogens (tertiary/aromatic N) is 3. The largest absolute Gasteiger partial charge is 0.376 e. The number of aryl methyl sites for hydroxylation is 1. The Hall–Kier alpha value is -1.23. The number of anilines is 1. The Bertz CT molecular complexity index is 407. The van der Waals surface area contributed by atoms with Crippen LogP contribution >= 0.6 is 0 Å². The first kappa shape index (κ1) is 11.8. The number of alkyl halides is 1. The van der Waals surface area contributed by atoms with Gasteiger partial charge in [-0.3, -0.25) is 0 Å². The van der Waals surface area contributed by atoms with Crippen LogP contribution in [0.5, 0.6) is 0 Å². The third kappa shape index (κ3) is 2.07. The Morgan fingerprint density at radius 3 is 2.61 bits per heavy atom.